The van der Waals surface area contributed by atoms with Crippen LogP contribution in [0.1, 0.15) is 50.5 Å². The van der Waals surface area contributed by atoms with Crippen LogP contribution in [0.2, 0.25) is 0 Å². The summed E-state index contributed by atoms with van der Waals surface area (Å²) in [5.41, 5.74) is 3.71. The second-order valence-electron chi connectivity index (χ2n) is 6.30. The highest BCUT2D eigenvalue weighted by Crippen LogP contribution is 2.22. The SMILES string of the molecule is CC(CCN1CCC=C(CCCC(=O)NO)C1=O)c1ccccc1. The Balaban J connectivity index is 1.81. The van der Waals surface area contributed by atoms with Gasteiger partial charge >= 0.3 is 0 Å². The van der Waals surface area contributed by atoms with Crippen LogP contribution in [-0.4, -0.2) is 35.0 Å². The fraction of sp³-hybridized carbons (Fsp3) is 0.474. The highest BCUT2D eigenvalue weighted by Gasteiger charge is 2.22. The topological polar surface area (TPSA) is 69.6 Å². The third-order valence-corrected chi connectivity index (χ3v) is 4.53. The molecule has 0 bridgehead atoms. The van der Waals surface area contributed by atoms with Crippen LogP contribution in [0.3, 0.4) is 0 Å². The van der Waals surface area contributed by atoms with E-state index in [0.29, 0.717) is 18.8 Å². The van der Waals surface area contributed by atoms with Gasteiger partial charge in [0.25, 0.3) is 0 Å². The van der Waals surface area contributed by atoms with Gasteiger partial charge in [-0.25, -0.2) is 5.48 Å². The van der Waals surface area contributed by atoms with Crippen molar-refractivity contribution in [2.24, 2.45) is 0 Å². The van der Waals surface area contributed by atoms with Crippen molar-refractivity contribution in [1.29, 1.82) is 0 Å². The van der Waals surface area contributed by atoms with Gasteiger partial charge in [-0.05, 0) is 37.2 Å². The standard InChI is InChI=1S/C19H26N2O3/c1-15(16-7-3-2-4-8-16)12-14-21-13-6-10-17(19(21)23)9-5-11-18(22)20-24/h2-4,7-8,10,15,24H,5-6,9,11-14H2,1H3,(H,20,22). The zero-order chi connectivity index (χ0) is 17.4. The Morgan fingerprint density at radius 1 is 1.33 bits per heavy atom. The van der Waals surface area contributed by atoms with Gasteiger partial charge in [-0.3, -0.25) is 14.8 Å². The molecular formula is C19H26N2O3. The zero-order valence-corrected chi connectivity index (χ0v) is 14.2. The molecule has 0 aliphatic carbocycles. The van der Waals surface area contributed by atoms with E-state index in [9.17, 15) is 9.59 Å². The second-order valence-corrected chi connectivity index (χ2v) is 6.30. The molecular weight excluding hydrogens is 304 g/mol. The number of benzene rings is 1. The molecule has 2 amide bonds. The van der Waals surface area contributed by atoms with Crippen molar-refractivity contribution < 1.29 is 14.8 Å². The zero-order valence-electron chi connectivity index (χ0n) is 14.2. The number of hydrogen-bond donors (Lipinski definition) is 2. The fourth-order valence-corrected chi connectivity index (χ4v) is 3.00. The van der Waals surface area contributed by atoms with Crippen LogP contribution >= 0.6 is 0 Å². The minimum absolute atomic E-state index is 0.0888. The monoisotopic (exact) mass is 330 g/mol. The average Bonchev–Trinajstić information content (AvgIpc) is 2.62. The summed E-state index contributed by atoms with van der Waals surface area (Å²) in [7, 11) is 0. The van der Waals surface area contributed by atoms with Crippen molar-refractivity contribution in [2.75, 3.05) is 13.1 Å². The summed E-state index contributed by atoms with van der Waals surface area (Å²) in [6, 6.07) is 10.3. The summed E-state index contributed by atoms with van der Waals surface area (Å²) < 4.78 is 0. The first-order chi connectivity index (χ1) is 11.6. The highest BCUT2D eigenvalue weighted by atomic mass is 16.5. The molecule has 0 saturated carbocycles. The van der Waals surface area contributed by atoms with Crippen molar-refractivity contribution in [1.82, 2.24) is 10.4 Å². The first-order valence-corrected chi connectivity index (χ1v) is 8.58. The number of nitrogens with one attached hydrogen (secondary N) is 1. The van der Waals surface area contributed by atoms with E-state index in [2.05, 4.69) is 19.1 Å². The second kappa shape index (κ2) is 9.23. The lowest BCUT2D eigenvalue weighted by Gasteiger charge is -2.28. The molecule has 24 heavy (non-hydrogen) atoms. The lowest BCUT2D eigenvalue weighted by atomic mass is 9.96. The predicted octanol–water partition coefficient (Wildman–Crippen LogP) is 3.01. The molecule has 0 fully saturated rings. The number of hydroxylamine groups is 1. The Bertz CT molecular complexity index is 584. The Labute approximate surface area is 143 Å². The predicted molar refractivity (Wildman–Crippen MR) is 92.5 cm³/mol. The van der Waals surface area contributed by atoms with E-state index in [-0.39, 0.29) is 12.3 Å². The summed E-state index contributed by atoms with van der Waals surface area (Å²) >= 11 is 0. The van der Waals surface area contributed by atoms with Crippen LogP contribution in [0.5, 0.6) is 0 Å². The molecule has 0 saturated heterocycles. The Morgan fingerprint density at radius 2 is 2.08 bits per heavy atom. The van der Waals surface area contributed by atoms with Crippen LogP contribution in [0.4, 0.5) is 0 Å². The molecule has 1 heterocycles. The van der Waals surface area contributed by atoms with Crippen LogP contribution in [-0.2, 0) is 9.59 Å². The largest absolute Gasteiger partial charge is 0.339 e. The van der Waals surface area contributed by atoms with Crippen molar-refractivity contribution >= 4 is 11.8 Å². The number of rotatable bonds is 8. The van der Waals surface area contributed by atoms with Gasteiger partial charge in [0.1, 0.15) is 0 Å². The number of amides is 2. The minimum atomic E-state index is -0.410. The molecule has 1 aliphatic rings. The van der Waals surface area contributed by atoms with E-state index >= 15 is 0 Å². The van der Waals surface area contributed by atoms with Crippen LogP contribution in [0.15, 0.2) is 42.0 Å². The van der Waals surface area contributed by atoms with Crippen molar-refractivity contribution in [3.05, 3.63) is 47.5 Å². The maximum atomic E-state index is 12.5. The lowest BCUT2D eigenvalue weighted by molar-refractivity contribution is -0.130. The quantitative estimate of drug-likeness (QED) is 0.568. The highest BCUT2D eigenvalue weighted by molar-refractivity contribution is 5.94. The fourth-order valence-electron chi connectivity index (χ4n) is 3.00. The Hall–Kier alpha value is -2.14. The number of carbonyl (C=O) groups is 2. The molecule has 1 aromatic rings. The van der Waals surface area contributed by atoms with Crippen LogP contribution in [0, 0.1) is 0 Å². The van der Waals surface area contributed by atoms with E-state index < -0.39 is 5.91 Å². The molecule has 1 aliphatic heterocycles. The molecule has 130 valence electrons. The van der Waals surface area contributed by atoms with E-state index in [1.807, 2.05) is 29.2 Å². The number of hydrogen-bond acceptors (Lipinski definition) is 3. The maximum Gasteiger partial charge on any atom is 0.249 e. The summed E-state index contributed by atoms with van der Waals surface area (Å²) in [5, 5.41) is 8.49. The third kappa shape index (κ3) is 5.20. The van der Waals surface area contributed by atoms with E-state index in [0.717, 1.165) is 31.5 Å². The van der Waals surface area contributed by atoms with Gasteiger partial charge in [0.15, 0.2) is 0 Å². The van der Waals surface area contributed by atoms with Gasteiger partial charge < -0.3 is 4.90 Å². The van der Waals surface area contributed by atoms with Crippen molar-refractivity contribution in [3.8, 4) is 0 Å². The minimum Gasteiger partial charge on any atom is -0.339 e. The third-order valence-electron chi connectivity index (χ3n) is 4.53. The van der Waals surface area contributed by atoms with E-state index in [1.165, 1.54) is 5.56 Å². The van der Waals surface area contributed by atoms with E-state index in [4.69, 9.17) is 5.21 Å². The van der Waals surface area contributed by atoms with Crippen LogP contribution in [0.25, 0.3) is 0 Å². The molecule has 1 unspecified atom stereocenters. The molecule has 5 nitrogen and oxygen atoms in total. The smallest absolute Gasteiger partial charge is 0.249 e. The molecule has 2 N–H and O–H groups in total. The van der Waals surface area contributed by atoms with Gasteiger partial charge in [-0.1, -0.05) is 43.3 Å². The summed E-state index contributed by atoms with van der Waals surface area (Å²) in [6.07, 6.45) is 5.17. The molecule has 5 heteroatoms. The average molecular weight is 330 g/mol. The van der Waals surface area contributed by atoms with Gasteiger partial charge in [0.2, 0.25) is 11.8 Å². The van der Waals surface area contributed by atoms with Crippen molar-refractivity contribution in [2.45, 2.75) is 44.9 Å². The van der Waals surface area contributed by atoms with Gasteiger partial charge in [0, 0.05) is 25.1 Å². The molecule has 1 atom stereocenters. The molecule has 2 rings (SSSR count). The normalized spacial score (nSPS) is 15.8. The first kappa shape index (κ1) is 18.2. The van der Waals surface area contributed by atoms with Gasteiger partial charge in [0.05, 0.1) is 0 Å². The Morgan fingerprint density at radius 3 is 2.79 bits per heavy atom. The van der Waals surface area contributed by atoms with Gasteiger partial charge in [-0.15, -0.1) is 0 Å². The summed E-state index contributed by atoms with van der Waals surface area (Å²) in [5.74, 6) is 0.0972. The van der Waals surface area contributed by atoms with Crippen LogP contribution < -0.4 is 5.48 Å². The van der Waals surface area contributed by atoms with Crippen molar-refractivity contribution in [3.63, 3.8) is 0 Å². The molecule has 1 aromatic carbocycles. The summed E-state index contributed by atoms with van der Waals surface area (Å²) in [6.45, 7) is 3.71. The lowest BCUT2D eigenvalue weighted by Crippen LogP contribution is -2.37. The number of nitrogens with zero attached hydrogens (tertiary/aromatic N) is 1. The molecule has 0 radical (unpaired) electrons. The number of carbonyl (C=O) groups excluding carboxylic acids is 2. The molecule has 0 aromatic heterocycles. The molecule has 0 spiro atoms. The summed E-state index contributed by atoms with van der Waals surface area (Å²) in [4.78, 5) is 25.5. The van der Waals surface area contributed by atoms with E-state index in [1.54, 1.807) is 5.48 Å². The Kier molecular flexibility index (Phi) is 7.00. The first-order valence-electron chi connectivity index (χ1n) is 8.58. The maximum absolute atomic E-state index is 12.5. The van der Waals surface area contributed by atoms with Gasteiger partial charge in [-0.2, -0.15) is 0 Å².